The average molecular weight is 366 g/mol. The molecule has 128 valence electrons. The first-order chi connectivity index (χ1) is 11.2. The van der Waals surface area contributed by atoms with Crippen LogP contribution in [0.5, 0.6) is 5.75 Å². The molecule has 1 atom stereocenters. The Labute approximate surface area is 152 Å². The highest BCUT2D eigenvalue weighted by atomic mass is 35.5. The highest BCUT2D eigenvalue weighted by Crippen LogP contribution is 2.30. The van der Waals surface area contributed by atoms with Crippen LogP contribution in [0.2, 0.25) is 10.0 Å². The van der Waals surface area contributed by atoms with Crippen molar-refractivity contribution in [3.63, 3.8) is 0 Å². The van der Waals surface area contributed by atoms with Gasteiger partial charge in [-0.25, -0.2) is 0 Å². The second-order valence-electron chi connectivity index (χ2n) is 6.62. The lowest BCUT2D eigenvalue weighted by molar-refractivity contribution is -0.122. The minimum absolute atomic E-state index is 0.0718. The Bertz CT molecular complexity index is 701. The number of hydrogen-bond donors (Lipinski definition) is 1. The molecular weight excluding hydrogens is 345 g/mol. The minimum atomic E-state index is -0.683. The molecule has 0 saturated heterocycles. The number of halogens is 2. The van der Waals surface area contributed by atoms with E-state index >= 15 is 0 Å². The van der Waals surface area contributed by atoms with Gasteiger partial charge in [-0.15, -0.1) is 0 Å². The van der Waals surface area contributed by atoms with Gasteiger partial charge in [0.25, 0.3) is 5.91 Å². The predicted octanol–water partition coefficient (Wildman–Crippen LogP) is 5.70. The maximum absolute atomic E-state index is 12.3. The first-order valence-electron chi connectivity index (χ1n) is 7.70. The highest BCUT2D eigenvalue weighted by Gasteiger charge is 2.18. The maximum atomic E-state index is 12.3. The van der Waals surface area contributed by atoms with Gasteiger partial charge in [-0.1, -0.05) is 62.2 Å². The van der Waals surface area contributed by atoms with Crippen molar-refractivity contribution < 1.29 is 9.53 Å². The van der Waals surface area contributed by atoms with Gasteiger partial charge in [0.15, 0.2) is 6.10 Å². The van der Waals surface area contributed by atoms with E-state index in [4.69, 9.17) is 27.9 Å². The Hall–Kier alpha value is -1.71. The van der Waals surface area contributed by atoms with E-state index in [1.165, 1.54) is 5.56 Å². The SMILES string of the molecule is CC(Oc1ccc(C(C)(C)C)cc1)C(=O)Nc1c(Cl)cccc1Cl. The van der Waals surface area contributed by atoms with Crippen molar-refractivity contribution in [2.75, 3.05) is 5.32 Å². The Morgan fingerprint density at radius 1 is 1.04 bits per heavy atom. The number of amides is 1. The third-order valence-electron chi connectivity index (χ3n) is 3.61. The molecule has 1 unspecified atom stereocenters. The fourth-order valence-electron chi connectivity index (χ4n) is 2.13. The van der Waals surface area contributed by atoms with Gasteiger partial charge in [0, 0.05) is 0 Å². The third-order valence-corrected chi connectivity index (χ3v) is 4.24. The molecule has 1 amide bonds. The number of hydrogen-bond acceptors (Lipinski definition) is 2. The molecule has 0 aliphatic rings. The standard InChI is InChI=1S/C19H21Cl2NO2/c1-12(18(23)22-17-15(20)6-5-7-16(17)21)24-14-10-8-13(9-11-14)19(2,3)4/h5-12H,1-4H3,(H,22,23). The largest absolute Gasteiger partial charge is 0.481 e. The second-order valence-corrected chi connectivity index (χ2v) is 7.43. The number of benzene rings is 2. The summed E-state index contributed by atoms with van der Waals surface area (Å²) in [4.78, 5) is 12.3. The molecule has 0 bridgehead atoms. The molecule has 0 fully saturated rings. The van der Waals surface area contributed by atoms with Crippen LogP contribution in [0.3, 0.4) is 0 Å². The second kappa shape index (κ2) is 7.45. The van der Waals surface area contributed by atoms with Crippen LogP contribution in [0.1, 0.15) is 33.3 Å². The zero-order valence-corrected chi connectivity index (χ0v) is 15.7. The monoisotopic (exact) mass is 365 g/mol. The first kappa shape index (κ1) is 18.6. The Kier molecular flexibility index (Phi) is 5.79. The van der Waals surface area contributed by atoms with Gasteiger partial charge in [-0.3, -0.25) is 4.79 Å². The normalized spacial score (nSPS) is 12.6. The van der Waals surface area contributed by atoms with Gasteiger partial charge in [0.1, 0.15) is 5.75 Å². The smallest absolute Gasteiger partial charge is 0.265 e. The minimum Gasteiger partial charge on any atom is -0.481 e. The van der Waals surface area contributed by atoms with E-state index in [0.717, 1.165) is 0 Å². The van der Waals surface area contributed by atoms with E-state index in [-0.39, 0.29) is 11.3 Å². The zero-order valence-electron chi connectivity index (χ0n) is 14.2. The summed E-state index contributed by atoms with van der Waals surface area (Å²) in [7, 11) is 0. The van der Waals surface area contributed by atoms with Crippen molar-refractivity contribution in [3.05, 3.63) is 58.1 Å². The van der Waals surface area contributed by atoms with Gasteiger partial charge < -0.3 is 10.1 Å². The van der Waals surface area contributed by atoms with Crippen LogP contribution in [0.4, 0.5) is 5.69 Å². The molecule has 2 rings (SSSR count). The Morgan fingerprint density at radius 2 is 1.58 bits per heavy atom. The topological polar surface area (TPSA) is 38.3 Å². The lowest BCUT2D eigenvalue weighted by Gasteiger charge is -2.20. The lowest BCUT2D eigenvalue weighted by Crippen LogP contribution is -2.30. The molecule has 2 aromatic carbocycles. The summed E-state index contributed by atoms with van der Waals surface area (Å²) in [5, 5.41) is 3.48. The summed E-state index contributed by atoms with van der Waals surface area (Å²) in [6.07, 6.45) is -0.683. The van der Waals surface area contributed by atoms with Crippen molar-refractivity contribution >= 4 is 34.8 Å². The molecule has 0 aromatic heterocycles. The molecule has 0 aliphatic heterocycles. The fraction of sp³-hybridized carbons (Fsp3) is 0.316. The van der Waals surface area contributed by atoms with E-state index < -0.39 is 6.10 Å². The Balaban J connectivity index is 2.04. The van der Waals surface area contributed by atoms with Crippen molar-refractivity contribution in [1.82, 2.24) is 0 Å². The van der Waals surface area contributed by atoms with Crippen molar-refractivity contribution in [3.8, 4) is 5.75 Å². The molecule has 5 heteroatoms. The van der Waals surface area contributed by atoms with Crippen LogP contribution >= 0.6 is 23.2 Å². The average Bonchev–Trinajstić information content (AvgIpc) is 2.50. The third kappa shape index (κ3) is 4.65. The van der Waals surface area contributed by atoms with Crippen molar-refractivity contribution in [2.24, 2.45) is 0 Å². The summed E-state index contributed by atoms with van der Waals surface area (Å²) >= 11 is 12.1. The number of ether oxygens (including phenoxy) is 1. The summed E-state index contributed by atoms with van der Waals surface area (Å²) in [6, 6.07) is 12.8. The Morgan fingerprint density at radius 3 is 2.08 bits per heavy atom. The number of nitrogens with one attached hydrogen (secondary N) is 1. The zero-order chi connectivity index (χ0) is 17.9. The summed E-state index contributed by atoms with van der Waals surface area (Å²) in [5.74, 6) is 0.320. The summed E-state index contributed by atoms with van der Waals surface area (Å²) in [5.41, 5.74) is 1.67. The quantitative estimate of drug-likeness (QED) is 0.754. The molecular formula is C19H21Cl2NO2. The van der Waals surface area contributed by atoms with Crippen LogP contribution in [-0.4, -0.2) is 12.0 Å². The summed E-state index contributed by atoms with van der Waals surface area (Å²) < 4.78 is 5.70. The van der Waals surface area contributed by atoms with Gasteiger partial charge in [0.2, 0.25) is 0 Å². The number of carbonyl (C=O) groups excluding carboxylic acids is 1. The van der Waals surface area contributed by atoms with Gasteiger partial charge in [-0.05, 0) is 42.2 Å². The van der Waals surface area contributed by atoms with Crippen LogP contribution in [0.15, 0.2) is 42.5 Å². The van der Waals surface area contributed by atoms with Crippen LogP contribution < -0.4 is 10.1 Å². The van der Waals surface area contributed by atoms with Gasteiger partial charge in [-0.2, -0.15) is 0 Å². The fourth-order valence-corrected chi connectivity index (χ4v) is 2.63. The van der Waals surface area contributed by atoms with Crippen LogP contribution in [-0.2, 0) is 10.2 Å². The predicted molar refractivity (Wildman–Crippen MR) is 100 cm³/mol. The number of carbonyl (C=O) groups is 1. The molecule has 0 saturated carbocycles. The van der Waals surface area contributed by atoms with E-state index in [0.29, 0.717) is 21.5 Å². The van der Waals surface area contributed by atoms with E-state index in [1.807, 2.05) is 24.3 Å². The van der Waals surface area contributed by atoms with Gasteiger partial charge >= 0.3 is 0 Å². The summed E-state index contributed by atoms with van der Waals surface area (Å²) in [6.45, 7) is 8.11. The molecule has 1 N–H and O–H groups in total. The van der Waals surface area contributed by atoms with Crippen LogP contribution in [0, 0.1) is 0 Å². The first-order valence-corrected chi connectivity index (χ1v) is 8.46. The van der Waals surface area contributed by atoms with E-state index in [1.54, 1.807) is 25.1 Å². The molecule has 0 radical (unpaired) electrons. The number of rotatable bonds is 4. The number of anilines is 1. The lowest BCUT2D eigenvalue weighted by atomic mass is 9.87. The number of para-hydroxylation sites is 1. The molecule has 0 aliphatic carbocycles. The van der Waals surface area contributed by atoms with Crippen LogP contribution in [0.25, 0.3) is 0 Å². The molecule has 0 heterocycles. The molecule has 24 heavy (non-hydrogen) atoms. The molecule has 3 nitrogen and oxygen atoms in total. The molecule has 0 spiro atoms. The maximum Gasteiger partial charge on any atom is 0.265 e. The highest BCUT2D eigenvalue weighted by molar-refractivity contribution is 6.39. The van der Waals surface area contributed by atoms with E-state index in [2.05, 4.69) is 26.1 Å². The van der Waals surface area contributed by atoms with Gasteiger partial charge in [0.05, 0.1) is 15.7 Å². The molecule has 2 aromatic rings. The van der Waals surface area contributed by atoms with E-state index in [9.17, 15) is 4.79 Å². The van der Waals surface area contributed by atoms with Crippen molar-refractivity contribution in [2.45, 2.75) is 39.2 Å². The van der Waals surface area contributed by atoms with Crippen molar-refractivity contribution in [1.29, 1.82) is 0 Å².